The molecule has 2 heterocycles. The number of aromatic amines is 1. The van der Waals surface area contributed by atoms with Crippen molar-refractivity contribution in [3.05, 3.63) is 32.6 Å². The zero-order valence-electron chi connectivity index (χ0n) is 12.1. The normalized spacial score (nSPS) is 26.3. The summed E-state index contributed by atoms with van der Waals surface area (Å²) in [6, 6.07) is 0. The van der Waals surface area contributed by atoms with Gasteiger partial charge in [0, 0.05) is 18.2 Å². The summed E-state index contributed by atoms with van der Waals surface area (Å²) in [6.45, 7) is 0.0511. The Morgan fingerprint density at radius 2 is 2.32 bits per heavy atom. The fourth-order valence-corrected chi connectivity index (χ4v) is 2.29. The number of halogens is 1. The maximum Gasteiger partial charge on any atom is 0.330 e. The molecular weight excluding hydrogens is 299 g/mol. The maximum absolute atomic E-state index is 12.2. The number of aryl methyl sites for hydroxylation is 1. The number of aromatic nitrogens is 2. The summed E-state index contributed by atoms with van der Waals surface area (Å²) in [5.41, 5.74) is -0.750. The van der Waals surface area contributed by atoms with Crippen molar-refractivity contribution in [3.63, 3.8) is 0 Å². The van der Waals surface area contributed by atoms with Gasteiger partial charge in [0.1, 0.15) is 25.1 Å². The Bertz CT molecular complexity index is 615. The van der Waals surface area contributed by atoms with Gasteiger partial charge < -0.3 is 19.7 Å². The summed E-state index contributed by atoms with van der Waals surface area (Å²) >= 11 is 0. The van der Waals surface area contributed by atoms with Crippen molar-refractivity contribution in [2.75, 3.05) is 19.9 Å². The molecule has 9 heteroatoms. The number of H-pyrrole nitrogens is 1. The van der Waals surface area contributed by atoms with Crippen molar-refractivity contribution >= 4 is 0 Å². The quantitative estimate of drug-likeness (QED) is 0.610. The minimum absolute atomic E-state index is 0.229. The first-order chi connectivity index (χ1) is 10.5. The number of nitrogens with one attached hydrogen (secondary N) is 1. The molecule has 0 radical (unpaired) electrons. The highest BCUT2D eigenvalue weighted by Crippen LogP contribution is 2.29. The van der Waals surface area contributed by atoms with E-state index in [0.29, 0.717) is 5.56 Å². The second kappa shape index (κ2) is 7.14. The third-order valence-electron chi connectivity index (χ3n) is 3.50. The van der Waals surface area contributed by atoms with E-state index in [-0.39, 0.29) is 19.6 Å². The van der Waals surface area contributed by atoms with Gasteiger partial charge in [-0.15, -0.1) is 0 Å². The van der Waals surface area contributed by atoms with E-state index >= 15 is 0 Å². The Labute approximate surface area is 125 Å². The van der Waals surface area contributed by atoms with Crippen molar-refractivity contribution in [1.82, 2.24) is 9.55 Å². The van der Waals surface area contributed by atoms with Crippen molar-refractivity contribution in [1.29, 1.82) is 0 Å². The van der Waals surface area contributed by atoms with E-state index in [1.165, 1.54) is 10.8 Å². The highest BCUT2D eigenvalue weighted by molar-refractivity contribution is 5.02. The number of hydrogen-bond donors (Lipinski definition) is 3. The summed E-state index contributed by atoms with van der Waals surface area (Å²) in [7, 11) is 0. The first-order valence-corrected chi connectivity index (χ1v) is 6.90. The zero-order valence-corrected chi connectivity index (χ0v) is 12.1. The van der Waals surface area contributed by atoms with Crippen LogP contribution in [0.15, 0.2) is 15.8 Å². The molecule has 0 spiro atoms. The summed E-state index contributed by atoms with van der Waals surface area (Å²) in [5, 5.41) is 18.5. The second-order valence-electron chi connectivity index (χ2n) is 5.21. The molecule has 0 bridgehead atoms. The van der Waals surface area contributed by atoms with Gasteiger partial charge in [-0.25, -0.2) is 9.18 Å². The van der Waals surface area contributed by atoms with Gasteiger partial charge in [0.25, 0.3) is 5.56 Å². The number of alkyl halides is 1. The van der Waals surface area contributed by atoms with E-state index in [2.05, 4.69) is 4.98 Å². The Kier molecular flexibility index (Phi) is 5.46. The van der Waals surface area contributed by atoms with Crippen LogP contribution in [-0.2, 0) is 9.47 Å². The molecule has 0 saturated carbocycles. The van der Waals surface area contributed by atoms with Crippen molar-refractivity contribution in [3.8, 4) is 0 Å². The molecule has 22 heavy (non-hydrogen) atoms. The largest absolute Gasteiger partial charge is 0.394 e. The molecule has 1 aliphatic heterocycles. The van der Waals surface area contributed by atoms with Gasteiger partial charge >= 0.3 is 5.69 Å². The van der Waals surface area contributed by atoms with Crippen LogP contribution in [-0.4, -0.2) is 58.0 Å². The third-order valence-corrected chi connectivity index (χ3v) is 3.50. The molecule has 2 rings (SSSR count). The summed E-state index contributed by atoms with van der Waals surface area (Å²) in [4.78, 5) is 25.4. The molecule has 1 aliphatic rings. The van der Waals surface area contributed by atoms with Crippen LogP contribution in [0, 0.1) is 6.92 Å². The Hall–Kier alpha value is -1.55. The monoisotopic (exact) mass is 318 g/mol. The average Bonchev–Trinajstić information content (AvgIpc) is 2.91. The van der Waals surface area contributed by atoms with Crippen LogP contribution >= 0.6 is 0 Å². The highest BCUT2D eigenvalue weighted by Gasteiger charge is 2.37. The first-order valence-electron chi connectivity index (χ1n) is 6.90. The number of hydrogen-bond acceptors (Lipinski definition) is 6. The Morgan fingerprint density at radius 1 is 1.59 bits per heavy atom. The number of nitrogens with zero attached hydrogens (tertiary/aromatic N) is 1. The van der Waals surface area contributed by atoms with Gasteiger partial charge in [-0.3, -0.25) is 14.3 Å². The average molecular weight is 318 g/mol. The first kappa shape index (κ1) is 16.8. The number of aliphatic hydroxyl groups is 2. The minimum Gasteiger partial charge on any atom is -0.394 e. The second-order valence-corrected chi connectivity index (χ2v) is 5.21. The van der Waals surface area contributed by atoms with Crippen molar-refractivity contribution in [2.45, 2.75) is 37.9 Å². The molecule has 1 aromatic rings. The minimum atomic E-state index is -1.24. The zero-order chi connectivity index (χ0) is 16.3. The molecule has 8 nitrogen and oxygen atoms in total. The summed E-state index contributed by atoms with van der Waals surface area (Å²) in [6.07, 6.45) is -1.63. The third kappa shape index (κ3) is 3.61. The molecule has 1 aromatic heterocycles. The molecule has 1 fully saturated rings. The van der Waals surface area contributed by atoms with Gasteiger partial charge in [0.15, 0.2) is 0 Å². The molecule has 3 N–H and O–H groups in total. The molecule has 1 saturated heterocycles. The number of rotatable bonds is 6. The lowest BCUT2D eigenvalue weighted by atomic mass is 10.2. The van der Waals surface area contributed by atoms with Crippen molar-refractivity contribution < 1.29 is 24.1 Å². The summed E-state index contributed by atoms with van der Waals surface area (Å²) < 4.78 is 24.3. The predicted molar refractivity (Wildman–Crippen MR) is 73.4 cm³/mol. The molecule has 0 aromatic carbocycles. The van der Waals surface area contributed by atoms with Gasteiger partial charge in [-0.1, -0.05) is 0 Å². The molecule has 4 atom stereocenters. The summed E-state index contributed by atoms with van der Waals surface area (Å²) in [5.74, 6) is 0. The van der Waals surface area contributed by atoms with Crippen LogP contribution in [0.4, 0.5) is 4.39 Å². The van der Waals surface area contributed by atoms with Gasteiger partial charge in [0.05, 0.1) is 19.3 Å². The van der Waals surface area contributed by atoms with E-state index in [1.54, 1.807) is 6.92 Å². The van der Waals surface area contributed by atoms with Crippen molar-refractivity contribution in [2.24, 2.45) is 0 Å². The smallest absolute Gasteiger partial charge is 0.330 e. The fraction of sp³-hybridized carbons (Fsp3) is 0.692. The highest BCUT2D eigenvalue weighted by atomic mass is 19.1. The standard InChI is InChI=1S/C13H19FN2O6/c1-7-4-16(13(20)15-12(7)19)11-2-9(10(5-17)22-11)21-6-8(18)3-14/h4,8-11,17-18H,2-3,5-6H2,1H3,(H,15,19,20)/t8?,9-,10-,11-/m1/s1. The van der Waals surface area contributed by atoms with E-state index in [1.807, 2.05) is 0 Å². The fourth-order valence-electron chi connectivity index (χ4n) is 2.29. The van der Waals surface area contributed by atoms with Gasteiger partial charge in [-0.2, -0.15) is 0 Å². The molecule has 0 amide bonds. The maximum atomic E-state index is 12.2. The van der Waals surface area contributed by atoms with Gasteiger partial charge in [-0.05, 0) is 6.92 Å². The van der Waals surface area contributed by atoms with Crippen LogP contribution in [0.25, 0.3) is 0 Å². The Morgan fingerprint density at radius 3 is 2.95 bits per heavy atom. The van der Waals surface area contributed by atoms with E-state index in [0.717, 1.165) is 0 Å². The van der Waals surface area contributed by atoms with E-state index in [9.17, 15) is 24.2 Å². The van der Waals surface area contributed by atoms with Crippen LogP contribution < -0.4 is 11.2 Å². The van der Waals surface area contributed by atoms with Gasteiger partial charge in [0.2, 0.25) is 0 Å². The molecular formula is C13H19FN2O6. The SMILES string of the molecule is Cc1cn([C@H]2C[C@@H](OCC(O)CF)[C@@H](CO)O2)c(=O)[nH]c1=O. The van der Waals surface area contributed by atoms with Crippen LogP contribution in [0.5, 0.6) is 0 Å². The number of ether oxygens (including phenoxy) is 2. The predicted octanol–water partition coefficient (Wildman–Crippen LogP) is -1.16. The van der Waals surface area contributed by atoms with Crippen LogP contribution in [0.2, 0.25) is 0 Å². The van der Waals surface area contributed by atoms with E-state index in [4.69, 9.17) is 9.47 Å². The van der Waals surface area contributed by atoms with Crippen LogP contribution in [0.1, 0.15) is 18.2 Å². The Balaban J connectivity index is 2.13. The lowest BCUT2D eigenvalue weighted by Crippen LogP contribution is -2.33. The lowest BCUT2D eigenvalue weighted by molar-refractivity contribution is -0.0771. The topological polar surface area (TPSA) is 114 Å². The molecule has 0 aliphatic carbocycles. The van der Waals surface area contributed by atoms with E-state index < -0.39 is 42.5 Å². The molecule has 1 unspecified atom stereocenters. The number of aliphatic hydroxyl groups excluding tert-OH is 2. The molecule has 124 valence electrons. The lowest BCUT2D eigenvalue weighted by Gasteiger charge is -2.17. The van der Waals surface area contributed by atoms with Crippen LogP contribution in [0.3, 0.4) is 0 Å².